The molecule has 1 amide bonds. The maximum atomic E-state index is 13.9. The van der Waals surface area contributed by atoms with Crippen LogP contribution in [-0.2, 0) is 17.6 Å². The topological polar surface area (TPSA) is 49.3 Å². The van der Waals surface area contributed by atoms with Gasteiger partial charge in [0.25, 0.3) is 5.91 Å². The summed E-state index contributed by atoms with van der Waals surface area (Å²) >= 11 is 0. The Balaban J connectivity index is 1.90. The second kappa shape index (κ2) is 7.86. The van der Waals surface area contributed by atoms with Crippen molar-refractivity contribution in [3.8, 4) is 11.1 Å². The maximum absolute atomic E-state index is 13.9. The van der Waals surface area contributed by atoms with Crippen LogP contribution in [0.4, 0.5) is 8.78 Å². The molecular formula is C25H27F2NO2. The average molecular weight is 411 g/mol. The van der Waals surface area contributed by atoms with Gasteiger partial charge in [-0.1, -0.05) is 44.9 Å². The first-order valence-electron chi connectivity index (χ1n) is 10.7. The van der Waals surface area contributed by atoms with Crippen LogP contribution in [0.1, 0.15) is 62.6 Å². The first-order chi connectivity index (χ1) is 14.4. The maximum Gasteiger partial charge on any atom is 0.255 e. The molecule has 0 unspecified atom stereocenters. The Hall–Kier alpha value is -2.69. The van der Waals surface area contributed by atoms with Gasteiger partial charge in [-0.3, -0.25) is 4.79 Å². The van der Waals surface area contributed by atoms with Crippen molar-refractivity contribution in [2.45, 2.75) is 64.3 Å². The molecule has 0 atom stereocenters. The normalized spacial score (nSPS) is 18.2. The number of rotatable bonds is 4. The molecule has 2 aromatic rings. The van der Waals surface area contributed by atoms with E-state index in [4.69, 9.17) is 0 Å². The Bertz CT molecular complexity index is 1040. The van der Waals surface area contributed by atoms with E-state index in [0.29, 0.717) is 30.4 Å². The number of hydrogen-bond acceptors (Lipinski definition) is 2. The predicted molar refractivity (Wildman–Crippen MR) is 114 cm³/mol. The van der Waals surface area contributed by atoms with E-state index in [0.717, 1.165) is 54.0 Å². The van der Waals surface area contributed by atoms with Crippen molar-refractivity contribution in [1.82, 2.24) is 5.32 Å². The summed E-state index contributed by atoms with van der Waals surface area (Å²) in [5.74, 6) is -1.91. The van der Waals surface area contributed by atoms with Crippen LogP contribution >= 0.6 is 0 Å². The van der Waals surface area contributed by atoms with Crippen LogP contribution in [0.5, 0.6) is 0 Å². The Morgan fingerprint density at radius 2 is 1.77 bits per heavy atom. The van der Waals surface area contributed by atoms with Crippen molar-refractivity contribution in [1.29, 1.82) is 0 Å². The lowest BCUT2D eigenvalue weighted by Crippen LogP contribution is -2.50. The number of halogens is 2. The molecule has 0 saturated heterocycles. The molecule has 2 aromatic carbocycles. The third kappa shape index (κ3) is 3.40. The van der Waals surface area contributed by atoms with Gasteiger partial charge in [-0.25, -0.2) is 8.78 Å². The monoisotopic (exact) mass is 411 g/mol. The fourth-order valence-corrected chi connectivity index (χ4v) is 5.10. The second-order valence-corrected chi connectivity index (χ2v) is 8.40. The van der Waals surface area contributed by atoms with Crippen LogP contribution < -0.4 is 5.32 Å². The lowest BCUT2D eigenvalue weighted by Gasteiger charge is -2.36. The SMILES string of the molecule is CCc1ccc(-c2ccc(F)c(F)c2)c(CC)c1C1=C(O)CC2(CCCC2)NC1=O. The number of benzene rings is 2. The molecule has 2 N–H and O–H groups in total. The van der Waals surface area contributed by atoms with Crippen LogP contribution in [0.3, 0.4) is 0 Å². The number of hydrogen-bond donors (Lipinski definition) is 2. The smallest absolute Gasteiger partial charge is 0.255 e. The molecule has 0 radical (unpaired) electrons. The van der Waals surface area contributed by atoms with Crippen molar-refractivity contribution in [2.24, 2.45) is 0 Å². The van der Waals surface area contributed by atoms with Crippen molar-refractivity contribution in [2.75, 3.05) is 0 Å². The quantitative estimate of drug-likeness (QED) is 0.662. The molecule has 4 rings (SSSR count). The zero-order valence-electron chi connectivity index (χ0n) is 17.4. The van der Waals surface area contributed by atoms with Crippen LogP contribution in [0.15, 0.2) is 36.1 Å². The van der Waals surface area contributed by atoms with Crippen LogP contribution in [-0.4, -0.2) is 16.6 Å². The highest BCUT2D eigenvalue weighted by atomic mass is 19.2. The number of amides is 1. The summed E-state index contributed by atoms with van der Waals surface area (Å²) in [5.41, 5.74) is 3.84. The van der Waals surface area contributed by atoms with Gasteiger partial charge in [0.1, 0.15) is 5.76 Å². The molecule has 3 nitrogen and oxygen atoms in total. The van der Waals surface area contributed by atoms with Gasteiger partial charge < -0.3 is 10.4 Å². The summed E-state index contributed by atoms with van der Waals surface area (Å²) in [6.07, 6.45) is 5.58. The van der Waals surface area contributed by atoms with E-state index in [1.807, 2.05) is 26.0 Å². The van der Waals surface area contributed by atoms with Gasteiger partial charge >= 0.3 is 0 Å². The summed E-state index contributed by atoms with van der Waals surface area (Å²) in [5, 5.41) is 14.2. The number of aryl methyl sites for hydroxylation is 1. The summed E-state index contributed by atoms with van der Waals surface area (Å²) in [6, 6.07) is 7.65. The molecule has 0 bridgehead atoms. The van der Waals surface area contributed by atoms with Gasteiger partial charge in [0.15, 0.2) is 11.6 Å². The molecule has 1 aliphatic carbocycles. The molecule has 1 fully saturated rings. The highest BCUT2D eigenvalue weighted by Gasteiger charge is 2.42. The summed E-state index contributed by atoms with van der Waals surface area (Å²) in [7, 11) is 0. The molecule has 30 heavy (non-hydrogen) atoms. The number of carbonyl (C=O) groups is 1. The fraction of sp³-hybridized carbons (Fsp3) is 0.400. The van der Waals surface area contributed by atoms with E-state index in [1.54, 1.807) is 6.07 Å². The first kappa shape index (κ1) is 20.6. The third-order valence-electron chi connectivity index (χ3n) is 6.58. The van der Waals surface area contributed by atoms with Gasteiger partial charge in [0.2, 0.25) is 0 Å². The van der Waals surface area contributed by atoms with E-state index < -0.39 is 11.6 Å². The zero-order valence-corrected chi connectivity index (χ0v) is 17.4. The molecule has 1 saturated carbocycles. The van der Waals surface area contributed by atoms with Crippen molar-refractivity contribution in [3.63, 3.8) is 0 Å². The van der Waals surface area contributed by atoms with Crippen LogP contribution in [0, 0.1) is 11.6 Å². The molecule has 1 aliphatic heterocycles. The minimum absolute atomic E-state index is 0.132. The van der Waals surface area contributed by atoms with Gasteiger partial charge in [-0.15, -0.1) is 0 Å². The minimum atomic E-state index is -0.906. The molecule has 2 aliphatic rings. The number of aliphatic hydroxyl groups is 1. The Morgan fingerprint density at radius 1 is 1.03 bits per heavy atom. The van der Waals surface area contributed by atoms with E-state index in [9.17, 15) is 18.7 Å². The lowest BCUT2D eigenvalue weighted by molar-refractivity contribution is -0.118. The van der Waals surface area contributed by atoms with E-state index >= 15 is 0 Å². The highest BCUT2D eigenvalue weighted by Crippen LogP contribution is 2.42. The van der Waals surface area contributed by atoms with E-state index in [1.165, 1.54) is 6.07 Å². The van der Waals surface area contributed by atoms with Crippen LogP contribution in [0.2, 0.25) is 0 Å². The number of nitrogens with one attached hydrogen (secondary N) is 1. The highest BCUT2D eigenvalue weighted by molar-refractivity contribution is 6.22. The largest absolute Gasteiger partial charge is 0.511 e. The van der Waals surface area contributed by atoms with Crippen molar-refractivity contribution in [3.05, 3.63) is 64.4 Å². The van der Waals surface area contributed by atoms with Crippen molar-refractivity contribution >= 4 is 11.5 Å². The van der Waals surface area contributed by atoms with Gasteiger partial charge in [-0.05, 0) is 65.6 Å². The molecule has 5 heteroatoms. The van der Waals surface area contributed by atoms with Gasteiger partial charge in [0.05, 0.1) is 5.57 Å². The summed E-state index contributed by atoms with van der Waals surface area (Å²) in [6.45, 7) is 3.98. The second-order valence-electron chi connectivity index (χ2n) is 8.40. The summed E-state index contributed by atoms with van der Waals surface area (Å²) in [4.78, 5) is 13.2. The Labute approximate surface area is 175 Å². The van der Waals surface area contributed by atoms with Crippen molar-refractivity contribution < 1.29 is 18.7 Å². The van der Waals surface area contributed by atoms with Crippen LogP contribution in [0.25, 0.3) is 16.7 Å². The first-order valence-corrected chi connectivity index (χ1v) is 10.7. The van der Waals surface area contributed by atoms with E-state index in [2.05, 4.69) is 5.32 Å². The minimum Gasteiger partial charge on any atom is -0.511 e. The Morgan fingerprint density at radius 3 is 2.37 bits per heavy atom. The zero-order chi connectivity index (χ0) is 21.5. The van der Waals surface area contributed by atoms with Gasteiger partial charge in [-0.2, -0.15) is 0 Å². The lowest BCUT2D eigenvalue weighted by atomic mass is 9.80. The standard InChI is InChI=1S/C25H27F2NO2/c1-3-15-7-9-18(16-8-10-19(26)20(27)13-16)17(4-2)22(15)23-21(29)14-25(28-24(23)30)11-5-6-12-25/h7-10,13,29H,3-6,11-12,14H2,1-2H3,(H,28,30). The molecule has 158 valence electrons. The third-order valence-corrected chi connectivity index (χ3v) is 6.58. The Kier molecular flexibility index (Phi) is 5.39. The molecule has 1 spiro atoms. The van der Waals surface area contributed by atoms with E-state index in [-0.39, 0.29) is 17.2 Å². The predicted octanol–water partition coefficient (Wildman–Crippen LogP) is 5.86. The number of aliphatic hydroxyl groups excluding tert-OH is 1. The average Bonchev–Trinajstić information content (AvgIpc) is 3.16. The van der Waals surface area contributed by atoms with Gasteiger partial charge in [0, 0.05) is 12.0 Å². The summed E-state index contributed by atoms with van der Waals surface area (Å²) < 4.78 is 27.4. The fourth-order valence-electron chi connectivity index (χ4n) is 5.10. The molecule has 1 heterocycles. The number of carbonyl (C=O) groups excluding carboxylic acids is 1. The molecular weight excluding hydrogens is 384 g/mol. The molecule has 0 aromatic heterocycles.